The van der Waals surface area contributed by atoms with E-state index in [0.717, 1.165) is 25.7 Å². The third-order valence-electron chi connectivity index (χ3n) is 3.48. The van der Waals surface area contributed by atoms with Crippen LogP contribution in [0.4, 0.5) is 0 Å². The van der Waals surface area contributed by atoms with Crippen molar-refractivity contribution in [1.82, 2.24) is 5.32 Å². The molecule has 4 nitrogen and oxygen atoms in total. The van der Waals surface area contributed by atoms with E-state index in [2.05, 4.69) is 5.32 Å². The Kier molecular flexibility index (Phi) is 3.59. The van der Waals surface area contributed by atoms with Crippen molar-refractivity contribution in [3.8, 4) is 0 Å². The van der Waals surface area contributed by atoms with Crippen LogP contribution in [0.3, 0.4) is 0 Å². The lowest BCUT2D eigenvalue weighted by atomic mass is 9.78. The first kappa shape index (κ1) is 10.9. The first-order valence-electron chi connectivity index (χ1n) is 5.81. The fourth-order valence-electron chi connectivity index (χ4n) is 2.68. The lowest BCUT2D eigenvalue weighted by molar-refractivity contribution is -0.126. The van der Waals surface area contributed by atoms with E-state index >= 15 is 0 Å². The standard InChI is InChI=1S/C11H19NO3/c13-5-6-15-9-3-1-8-2-4-11(14)12-10(8)7-9/h8-10,13H,1-7H2,(H,12,14)/t8-,9?,10-/m1/s1. The van der Waals surface area contributed by atoms with E-state index in [1.807, 2.05) is 0 Å². The molecule has 0 aromatic heterocycles. The molecule has 86 valence electrons. The number of amides is 1. The van der Waals surface area contributed by atoms with E-state index in [1.165, 1.54) is 0 Å². The Hall–Kier alpha value is -0.610. The smallest absolute Gasteiger partial charge is 0.220 e. The van der Waals surface area contributed by atoms with Gasteiger partial charge >= 0.3 is 0 Å². The van der Waals surface area contributed by atoms with Gasteiger partial charge in [-0.1, -0.05) is 0 Å². The molecule has 1 unspecified atom stereocenters. The second-order valence-electron chi connectivity index (χ2n) is 4.50. The summed E-state index contributed by atoms with van der Waals surface area (Å²) >= 11 is 0. The average Bonchev–Trinajstić information content (AvgIpc) is 2.25. The normalized spacial score (nSPS) is 35.8. The number of rotatable bonds is 3. The zero-order valence-electron chi connectivity index (χ0n) is 8.95. The number of aliphatic hydroxyl groups excluding tert-OH is 1. The van der Waals surface area contributed by atoms with Crippen LogP contribution < -0.4 is 5.32 Å². The van der Waals surface area contributed by atoms with Crippen LogP contribution >= 0.6 is 0 Å². The quantitative estimate of drug-likeness (QED) is 0.715. The Morgan fingerprint density at radius 3 is 3.07 bits per heavy atom. The van der Waals surface area contributed by atoms with Crippen molar-refractivity contribution in [3.63, 3.8) is 0 Å². The fraction of sp³-hybridized carbons (Fsp3) is 0.909. The predicted octanol–water partition coefficient (Wildman–Crippen LogP) is 0.443. The molecule has 1 aliphatic carbocycles. The summed E-state index contributed by atoms with van der Waals surface area (Å²) in [5.41, 5.74) is 0. The summed E-state index contributed by atoms with van der Waals surface area (Å²) in [5, 5.41) is 11.7. The van der Waals surface area contributed by atoms with Crippen molar-refractivity contribution < 1.29 is 14.6 Å². The molecule has 3 atom stereocenters. The third-order valence-corrected chi connectivity index (χ3v) is 3.48. The molecule has 2 rings (SSSR count). The van der Waals surface area contributed by atoms with Crippen LogP contribution in [0, 0.1) is 5.92 Å². The van der Waals surface area contributed by atoms with Gasteiger partial charge in [0.2, 0.25) is 5.91 Å². The highest BCUT2D eigenvalue weighted by atomic mass is 16.5. The van der Waals surface area contributed by atoms with Crippen LogP contribution in [0.15, 0.2) is 0 Å². The van der Waals surface area contributed by atoms with Crippen molar-refractivity contribution in [1.29, 1.82) is 0 Å². The highest BCUT2D eigenvalue weighted by Crippen LogP contribution is 2.32. The van der Waals surface area contributed by atoms with Gasteiger partial charge in [0.25, 0.3) is 0 Å². The van der Waals surface area contributed by atoms with E-state index < -0.39 is 0 Å². The topological polar surface area (TPSA) is 58.6 Å². The maximum Gasteiger partial charge on any atom is 0.220 e. The van der Waals surface area contributed by atoms with E-state index in [-0.39, 0.29) is 18.6 Å². The highest BCUT2D eigenvalue weighted by molar-refractivity contribution is 5.77. The largest absolute Gasteiger partial charge is 0.394 e. The van der Waals surface area contributed by atoms with E-state index in [0.29, 0.717) is 25.0 Å². The summed E-state index contributed by atoms with van der Waals surface area (Å²) < 4.78 is 5.52. The number of hydrogen-bond donors (Lipinski definition) is 2. The van der Waals surface area contributed by atoms with Crippen LogP contribution in [0.1, 0.15) is 32.1 Å². The Morgan fingerprint density at radius 2 is 2.27 bits per heavy atom. The molecule has 4 heteroatoms. The van der Waals surface area contributed by atoms with Crippen LogP contribution in [0.25, 0.3) is 0 Å². The van der Waals surface area contributed by atoms with Gasteiger partial charge in [0.05, 0.1) is 19.3 Å². The van der Waals surface area contributed by atoms with E-state index in [4.69, 9.17) is 9.84 Å². The summed E-state index contributed by atoms with van der Waals surface area (Å²) in [4.78, 5) is 11.2. The van der Waals surface area contributed by atoms with Crippen LogP contribution in [-0.2, 0) is 9.53 Å². The molecule has 2 fully saturated rings. The Balaban J connectivity index is 1.83. The number of piperidine rings is 1. The molecule has 0 radical (unpaired) electrons. The molecule has 1 saturated carbocycles. The molecular formula is C11H19NO3. The maximum absolute atomic E-state index is 11.2. The summed E-state index contributed by atoms with van der Waals surface area (Å²) in [6, 6.07) is 0.309. The fourth-order valence-corrected chi connectivity index (χ4v) is 2.68. The number of carbonyl (C=O) groups excluding carboxylic acids is 1. The minimum Gasteiger partial charge on any atom is -0.394 e. The monoisotopic (exact) mass is 213 g/mol. The van der Waals surface area contributed by atoms with E-state index in [9.17, 15) is 4.79 Å². The lowest BCUT2D eigenvalue weighted by Crippen LogP contribution is -2.49. The summed E-state index contributed by atoms with van der Waals surface area (Å²) in [7, 11) is 0. The zero-order chi connectivity index (χ0) is 10.7. The number of ether oxygens (including phenoxy) is 1. The van der Waals surface area contributed by atoms with Gasteiger partial charge in [0.1, 0.15) is 0 Å². The van der Waals surface area contributed by atoms with Gasteiger partial charge in [0, 0.05) is 12.5 Å². The molecule has 1 aliphatic heterocycles. The molecular weight excluding hydrogens is 194 g/mol. The molecule has 0 spiro atoms. The third kappa shape index (κ3) is 2.69. The van der Waals surface area contributed by atoms with Gasteiger partial charge in [-0.05, 0) is 31.6 Å². The molecule has 1 heterocycles. The average molecular weight is 213 g/mol. The molecule has 15 heavy (non-hydrogen) atoms. The van der Waals surface area contributed by atoms with Gasteiger partial charge in [-0.15, -0.1) is 0 Å². The summed E-state index contributed by atoms with van der Waals surface area (Å²) in [6.07, 6.45) is 5.05. The van der Waals surface area contributed by atoms with Gasteiger partial charge in [-0.25, -0.2) is 0 Å². The molecule has 0 aromatic rings. The highest BCUT2D eigenvalue weighted by Gasteiger charge is 2.34. The number of aliphatic hydroxyl groups is 1. The van der Waals surface area contributed by atoms with Crippen molar-refractivity contribution >= 4 is 5.91 Å². The van der Waals surface area contributed by atoms with Crippen molar-refractivity contribution in [3.05, 3.63) is 0 Å². The lowest BCUT2D eigenvalue weighted by Gasteiger charge is -2.39. The first-order chi connectivity index (χ1) is 7.29. The zero-order valence-corrected chi connectivity index (χ0v) is 8.95. The SMILES string of the molecule is O=C1CC[C@H]2CCC(OCCO)C[C@H]2N1. The minimum atomic E-state index is 0.0803. The number of hydrogen-bond acceptors (Lipinski definition) is 3. The van der Waals surface area contributed by atoms with Gasteiger partial charge in [-0.3, -0.25) is 4.79 Å². The number of fused-ring (bicyclic) bond motifs is 1. The molecule has 0 bridgehead atoms. The molecule has 2 N–H and O–H groups in total. The van der Waals surface area contributed by atoms with Gasteiger partial charge in [0.15, 0.2) is 0 Å². The van der Waals surface area contributed by atoms with Crippen molar-refractivity contribution in [2.24, 2.45) is 5.92 Å². The molecule has 0 aromatic carbocycles. The van der Waals surface area contributed by atoms with Gasteiger partial charge in [-0.2, -0.15) is 0 Å². The second kappa shape index (κ2) is 4.94. The summed E-state index contributed by atoms with van der Waals surface area (Å²) in [5.74, 6) is 0.829. The van der Waals surface area contributed by atoms with Crippen molar-refractivity contribution in [2.45, 2.75) is 44.2 Å². The molecule has 1 saturated heterocycles. The van der Waals surface area contributed by atoms with Crippen LogP contribution in [0.5, 0.6) is 0 Å². The maximum atomic E-state index is 11.2. The van der Waals surface area contributed by atoms with Crippen LogP contribution in [-0.4, -0.2) is 36.4 Å². The van der Waals surface area contributed by atoms with Crippen LogP contribution in [0.2, 0.25) is 0 Å². The number of nitrogens with one attached hydrogen (secondary N) is 1. The minimum absolute atomic E-state index is 0.0803. The predicted molar refractivity (Wildman–Crippen MR) is 55.3 cm³/mol. The summed E-state index contributed by atoms with van der Waals surface area (Å²) in [6.45, 7) is 0.493. The Morgan fingerprint density at radius 1 is 1.40 bits per heavy atom. The van der Waals surface area contributed by atoms with Gasteiger partial charge < -0.3 is 15.2 Å². The Bertz CT molecular complexity index is 232. The van der Waals surface area contributed by atoms with Crippen molar-refractivity contribution in [2.75, 3.05) is 13.2 Å². The Labute approximate surface area is 90.0 Å². The first-order valence-corrected chi connectivity index (χ1v) is 5.81. The second-order valence-corrected chi connectivity index (χ2v) is 4.50. The number of carbonyl (C=O) groups is 1. The molecule has 2 aliphatic rings. The molecule has 1 amide bonds. The van der Waals surface area contributed by atoms with E-state index in [1.54, 1.807) is 0 Å².